The van der Waals surface area contributed by atoms with Crippen molar-refractivity contribution < 1.29 is 18.0 Å². The lowest BCUT2D eigenvalue weighted by Crippen LogP contribution is -2.22. The fourth-order valence-electron chi connectivity index (χ4n) is 3.28. The molecule has 6 nitrogen and oxygen atoms in total. The van der Waals surface area contributed by atoms with Crippen LogP contribution in [0.15, 0.2) is 48.7 Å². The maximum Gasteiger partial charge on any atom is 0.259 e. The van der Waals surface area contributed by atoms with Crippen molar-refractivity contribution in [2.75, 3.05) is 6.26 Å². The number of halogens is 2. The standard InChI is InChI=1S/C19H12Cl2N2O4S/c1-28(26,27)23-9-13(11-4-2-3-5-15(11)23)17-16(18(24)22-19(17)25)12-7-6-10(20)8-14(12)21/h2-9H,1H3,(H,22,24,25). The van der Waals surface area contributed by atoms with Gasteiger partial charge in [0.25, 0.3) is 11.8 Å². The molecule has 2 heterocycles. The number of imide groups is 1. The van der Waals surface area contributed by atoms with Gasteiger partial charge in [-0.25, -0.2) is 12.4 Å². The van der Waals surface area contributed by atoms with Crippen molar-refractivity contribution in [2.45, 2.75) is 0 Å². The molecule has 0 spiro atoms. The van der Waals surface area contributed by atoms with Gasteiger partial charge in [-0.15, -0.1) is 0 Å². The van der Waals surface area contributed by atoms with Gasteiger partial charge in [-0.05, 0) is 18.2 Å². The van der Waals surface area contributed by atoms with Crippen molar-refractivity contribution in [2.24, 2.45) is 0 Å². The number of hydrogen-bond donors (Lipinski definition) is 1. The highest BCUT2D eigenvalue weighted by Crippen LogP contribution is 2.38. The Morgan fingerprint density at radius 1 is 0.929 bits per heavy atom. The van der Waals surface area contributed by atoms with Gasteiger partial charge in [0.1, 0.15) is 0 Å². The molecule has 1 N–H and O–H groups in total. The second-order valence-corrected chi connectivity index (χ2v) is 8.98. The lowest BCUT2D eigenvalue weighted by molar-refractivity contribution is -0.122. The van der Waals surface area contributed by atoms with Crippen molar-refractivity contribution in [3.63, 3.8) is 0 Å². The molecule has 2 amide bonds. The van der Waals surface area contributed by atoms with Crippen molar-refractivity contribution in [3.8, 4) is 0 Å². The number of amides is 2. The van der Waals surface area contributed by atoms with E-state index >= 15 is 0 Å². The van der Waals surface area contributed by atoms with Crippen LogP contribution in [0, 0.1) is 0 Å². The predicted octanol–water partition coefficient (Wildman–Crippen LogP) is 3.32. The maximum atomic E-state index is 12.6. The lowest BCUT2D eigenvalue weighted by Gasteiger charge is -2.06. The third kappa shape index (κ3) is 2.92. The molecule has 0 radical (unpaired) electrons. The summed E-state index contributed by atoms with van der Waals surface area (Å²) in [6.45, 7) is 0. The van der Waals surface area contributed by atoms with Gasteiger partial charge in [0.05, 0.1) is 27.9 Å². The number of fused-ring (bicyclic) bond motifs is 1. The van der Waals surface area contributed by atoms with Crippen LogP contribution in [-0.4, -0.2) is 30.5 Å². The third-order valence-corrected chi connectivity index (χ3v) is 6.00. The first kappa shape index (κ1) is 18.7. The Kier molecular flexibility index (Phi) is 4.33. The zero-order valence-corrected chi connectivity index (χ0v) is 16.7. The average molecular weight is 435 g/mol. The van der Waals surface area contributed by atoms with E-state index in [2.05, 4.69) is 5.32 Å². The summed E-state index contributed by atoms with van der Waals surface area (Å²) in [5.74, 6) is -1.23. The topological polar surface area (TPSA) is 85.2 Å². The summed E-state index contributed by atoms with van der Waals surface area (Å²) >= 11 is 12.2. The number of nitrogens with one attached hydrogen (secondary N) is 1. The molecule has 0 bridgehead atoms. The molecule has 2 aromatic carbocycles. The fourth-order valence-corrected chi connectivity index (χ4v) is 4.60. The molecule has 142 valence electrons. The summed E-state index contributed by atoms with van der Waals surface area (Å²) in [5.41, 5.74) is 1.20. The molecule has 4 rings (SSSR count). The number of hydrogen-bond acceptors (Lipinski definition) is 4. The van der Waals surface area contributed by atoms with Crippen LogP contribution in [0.2, 0.25) is 10.0 Å². The molecule has 0 aliphatic carbocycles. The highest BCUT2D eigenvalue weighted by Gasteiger charge is 2.35. The van der Waals surface area contributed by atoms with Crippen molar-refractivity contribution in [1.29, 1.82) is 0 Å². The van der Waals surface area contributed by atoms with E-state index in [4.69, 9.17) is 23.2 Å². The first-order valence-electron chi connectivity index (χ1n) is 8.05. The van der Waals surface area contributed by atoms with Gasteiger partial charge < -0.3 is 0 Å². The molecule has 3 aromatic rings. The van der Waals surface area contributed by atoms with Crippen LogP contribution in [0.5, 0.6) is 0 Å². The molecule has 28 heavy (non-hydrogen) atoms. The van der Waals surface area contributed by atoms with Crippen LogP contribution < -0.4 is 5.32 Å². The summed E-state index contributed by atoms with van der Waals surface area (Å²) in [7, 11) is -3.63. The summed E-state index contributed by atoms with van der Waals surface area (Å²) < 4.78 is 25.5. The number of carbonyl (C=O) groups excluding carboxylic acids is 2. The quantitative estimate of drug-likeness (QED) is 0.640. The summed E-state index contributed by atoms with van der Waals surface area (Å²) in [5, 5.41) is 3.38. The van der Waals surface area contributed by atoms with Gasteiger partial charge in [-0.3, -0.25) is 14.9 Å². The Hall–Kier alpha value is -2.61. The molecule has 0 saturated heterocycles. The number of carbonyl (C=O) groups is 2. The molecule has 0 atom stereocenters. The minimum Gasteiger partial charge on any atom is -0.288 e. The molecule has 0 unspecified atom stereocenters. The Balaban J connectivity index is 2.10. The number of rotatable bonds is 3. The second-order valence-electron chi connectivity index (χ2n) is 6.28. The van der Waals surface area contributed by atoms with E-state index in [0.717, 1.165) is 10.2 Å². The Morgan fingerprint density at radius 2 is 1.57 bits per heavy atom. The fraction of sp³-hybridized carbons (Fsp3) is 0.0526. The summed E-state index contributed by atoms with van der Waals surface area (Å²) in [4.78, 5) is 25.2. The van der Waals surface area contributed by atoms with Crippen LogP contribution in [0.25, 0.3) is 22.0 Å². The van der Waals surface area contributed by atoms with Crippen LogP contribution in [0.4, 0.5) is 0 Å². The van der Waals surface area contributed by atoms with Crippen LogP contribution >= 0.6 is 23.2 Å². The van der Waals surface area contributed by atoms with Gasteiger partial charge in [-0.1, -0.05) is 47.5 Å². The Morgan fingerprint density at radius 3 is 2.21 bits per heavy atom. The van der Waals surface area contributed by atoms with E-state index in [1.807, 2.05) is 0 Å². The molecular weight excluding hydrogens is 423 g/mol. The van der Waals surface area contributed by atoms with Crippen molar-refractivity contribution in [3.05, 3.63) is 69.8 Å². The predicted molar refractivity (Wildman–Crippen MR) is 109 cm³/mol. The highest BCUT2D eigenvalue weighted by molar-refractivity contribution is 7.89. The van der Waals surface area contributed by atoms with E-state index in [1.165, 1.54) is 12.3 Å². The monoisotopic (exact) mass is 434 g/mol. The lowest BCUT2D eigenvalue weighted by atomic mass is 9.96. The van der Waals surface area contributed by atoms with E-state index in [-0.39, 0.29) is 16.2 Å². The van der Waals surface area contributed by atoms with Crippen molar-refractivity contribution >= 4 is 67.1 Å². The van der Waals surface area contributed by atoms with E-state index in [1.54, 1.807) is 36.4 Å². The molecule has 1 aliphatic heterocycles. The SMILES string of the molecule is CS(=O)(=O)n1cc(C2=C(c3ccc(Cl)cc3Cl)C(=O)NC2=O)c2ccccc21. The first-order chi connectivity index (χ1) is 13.2. The van der Waals surface area contributed by atoms with Gasteiger partial charge >= 0.3 is 0 Å². The Bertz CT molecular complexity index is 1320. The van der Waals surface area contributed by atoms with Gasteiger partial charge in [-0.2, -0.15) is 0 Å². The van der Waals surface area contributed by atoms with E-state index in [0.29, 0.717) is 27.1 Å². The van der Waals surface area contributed by atoms with Gasteiger partial charge in [0.2, 0.25) is 10.0 Å². The molecule has 1 aliphatic rings. The molecule has 9 heteroatoms. The maximum absolute atomic E-state index is 12.6. The number of para-hydroxylation sites is 1. The Labute approximate surface area is 170 Å². The van der Waals surface area contributed by atoms with Crippen molar-refractivity contribution in [1.82, 2.24) is 9.29 Å². The summed E-state index contributed by atoms with van der Waals surface area (Å²) in [6.07, 6.45) is 2.41. The van der Waals surface area contributed by atoms with E-state index in [9.17, 15) is 18.0 Å². The number of aromatic nitrogens is 1. The van der Waals surface area contributed by atoms with Gasteiger partial charge in [0, 0.05) is 27.7 Å². The second kappa shape index (κ2) is 6.48. The highest BCUT2D eigenvalue weighted by atomic mass is 35.5. The summed E-state index contributed by atoms with van der Waals surface area (Å²) in [6, 6.07) is 11.3. The van der Waals surface area contributed by atoms with Crippen LogP contribution in [0.3, 0.4) is 0 Å². The van der Waals surface area contributed by atoms with Crippen LogP contribution in [0.1, 0.15) is 11.1 Å². The zero-order valence-electron chi connectivity index (χ0n) is 14.4. The molecular formula is C19H12Cl2N2O4S. The molecule has 0 saturated carbocycles. The smallest absolute Gasteiger partial charge is 0.259 e. The molecule has 0 fully saturated rings. The van der Waals surface area contributed by atoms with E-state index < -0.39 is 21.8 Å². The third-order valence-electron chi connectivity index (χ3n) is 4.44. The number of benzene rings is 2. The largest absolute Gasteiger partial charge is 0.288 e. The minimum absolute atomic E-state index is 0.0628. The molecule has 1 aromatic heterocycles. The zero-order chi connectivity index (χ0) is 20.2. The minimum atomic E-state index is -3.63. The number of nitrogens with zero attached hydrogens (tertiary/aromatic N) is 1. The van der Waals surface area contributed by atoms with Crippen LogP contribution in [-0.2, 0) is 19.6 Å². The average Bonchev–Trinajstić information content (AvgIpc) is 3.12. The van der Waals surface area contributed by atoms with Gasteiger partial charge in [0.15, 0.2) is 0 Å². The first-order valence-corrected chi connectivity index (χ1v) is 10.7. The normalized spacial score (nSPS) is 14.8.